The molecule has 0 aliphatic carbocycles. The molecule has 0 fully saturated rings. The van der Waals surface area contributed by atoms with Crippen molar-refractivity contribution in [3.63, 3.8) is 0 Å². The van der Waals surface area contributed by atoms with Crippen LogP contribution >= 0.6 is 0 Å². The summed E-state index contributed by atoms with van der Waals surface area (Å²) < 4.78 is 10.8. The molecule has 8 heteroatoms. The zero-order chi connectivity index (χ0) is 18.1. The predicted molar refractivity (Wildman–Crippen MR) is 91.9 cm³/mol. The number of aromatic nitrogens is 1. The average Bonchev–Trinajstić information content (AvgIpc) is 2.61. The lowest BCUT2D eigenvalue weighted by Crippen LogP contribution is -2.14. The van der Waals surface area contributed by atoms with E-state index in [1.807, 2.05) is 6.92 Å². The van der Waals surface area contributed by atoms with Gasteiger partial charge in [0.05, 0.1) is 18.1 Å². The van der Waals surface area contributed by atoms with Crippen molar-refractivity contribution in [3.05, 3.63) is 52.7 Å². The molecule has 1 amide bonds. The number of benzene rings is 1. The molecule has 0 aliphatic heterocycles. The third-order valence-electron chi connectivity index (χ3n) is 3.20. The van der Waals surface area contributed by atoms with Crippen LogP contribution in [0, 0.1) is 10.1 Å². The van der Waals surface area contributed by atoms with Crippen LogP contribution in [-0.2, 0) is 4.79 Å². The summed E-state index contributed by atoms with van der Waals surface area (Å²) in [7, 11) is 0. The molecular formula is C17H19N3O5. The number of hydrogen-bond acceptors (Lipinski definition) is 6. The molecule has 0 spiro atoms. The van der Waals surface area contributed by atoms with Gasteiger partial charge < -0.3 is 14.8 Å². The largest absolute Gasteiger partial charge is 0.490 e. The Balaban J connectivity index is 1.81. The Labute approximate surface area is 144 Å². The fourth-order valence-corrected chi connectivity index (χ4v) is 2.10. The standard InChI is InChI=1S/C17H19N3O5/c1-2-24-15-9-5-11-18-17(15)19-16(21)10-6-12-25-14-8-4-3-7-13(14)20(22)23/h3-5,7-9,11H,2,6,10,12H2,1H3,(H,18,19,21). The molecule has 0 bridgehead atoms. The number of nitrogens with zero attached hydrogens (tertiary/aromatic N) is 2. The van der Waals surface area contributed by atoms with Crippen LogP contribution in [0.4, 0.5) is 11.5 Å². The number of anilines is 1. The Morgan fingerprint density at radius 2 is 1.96 bits per heavy atom. The van der Waals surface area contributed by atoms with Gasteiger partial charge in [-0.1, -0.05) is 12.1 Å². The van der Waals surface area contributed by atoms with Crippen LogP contribution < -0.4 is 14.8 Å². The zero-order valence-electron chi connectivity index (χ0n) is 13.8. The van der Waals surface area contributed by atoms with E-state index in [-0.39, 0.29) is 30.4 Å². The van der Waals surface area contributed by atoms with Gasteiger partial charge in [0.2, 0.25) is 5.91 Å². The van der Waals surface area contributed by atoms with Gasteiger partial charge in [-0.3, -0.25) is 14.9 Å². The molecule has 0 unspecified atom stereocenters. The van der Waals surface area contributed by atoms with Crippen molar-refractivity contribution in [2.24, 2.45) is 0 Å². The van der Waals surface area contributed by atoms with E-state index in [9.17, 15) is 14.9 Å². The van der Waals surface area contributed by atoms with Crippen LogP contribution in [0.15, 0.2) is 42.6 Å². The number of amides is 1. The molecule has 25 heavy (non-hydrogen) atoms. The number of hydrogen-bond donors (Lipinski definition) is 1. The third-order valence-corrected chi connectivity index (χ3v) is 3.20. The van der Waals surface area contributed by atoms with Crippen molar-refractivity contribution in [2.75, 3.05) is 18.5 Å². The highest BCUT2D eigenvalue weighted by molar-refractivity contribution is 5.91. The highest BCUT2D eigenvalue weighted by Crippen LogP contribution is 2.26. The summed E-state index contributed by atoms with van der Waals surface area (Å²) in [4.78, 5) is 26.5. The Hall–Kier alpha value is -3.16. The third kappa shape index (κ3) is 5.45. The lowest BCUT2D eigenvalue weighted by Gasteiger charge is -2.10. The normalized spacial score (nSPS) is 10.1. The molecule has 2 rings (SSSR count). The second-order valence-electron chi connectivity index (χ2n) is 5.01. The van der Waals surface area contributed by atoms with Gasteiger partial charge in [0.1, 0.15) is 0 Å². The van der Waals surface area contributed by atoms with Gasteiger partial charge >= 0.3 is 5.69 Å². The quantitative estimate of drug-likeness (QED) is 0.425. The summed E-state index contributed by atoms with van der Waals surface area (Å²) in [5.74, 6) is 0.838. The minimum atomic E-state index is -0.502. The first-order chi connectivity index (χ1) is 12.1. The van der Waals surface area contributed by atoms with E-state index in [0.29, 0.717) is 24.6 Å². The minimum Gasteiger partial charge on any atom is -0.490 e. The van der Waals surface area contributed by atoms with Gasteiger partial charge in [0.15, 0.2) is 17.3 Å². The second kappa shape index (κ2) is 9.21. The molecule has 0 radical (unpaired) electrons. The van der Waals surface area contributed by atoms with Gasteiger partial charge in [-0.2, -0.15) is 0 Å². The van der Waals surface area contributed by atoms with Crippen LogP contribution in [0.5, 0.6) is 11.5 Å². The molecule has 0 atom stereocenters. The summed E-state index contributed by atoms with van der Waals surface area (Å²) in [6.07, 6.45) is 2.17. The predicted octanol–water partition coefficient (Wildman–Crippen LogP) is 3.19. The van der Waals surface area contributed by atoms with E-state index in [2.05, 4.69) is 10.3 Å². The van der Waals surface area contributed by atoms with E-state index in [1.165, 1.54) is 12.1 Å². The number of rotatable bonds is 9. The lowest BCUT2D eigenvalue weighted by atomic mass is 10.3. The van der Waals surface area contributed by atoms with Crippen LogP contribution in [0.25, 0.3) is 0 Å². The van der Waals surface area contributed by atoms with Crippen LogP contribution in [0.1, 0.15) is 19.8 Å². The fraction of sp³-hybridized carbons (Fsp3) is 0.294. The Morgan fingerprint density at radius 1 is 1.20 bits per heavy atom. The molecule has 1 heterocycles. The van der Waals surface area contributed by atoms with Crippen molar-refractivity contribution in [1.29, 1.82) is 0 Å². The maximum absolute atomic E-state index is 12.0. The van der Waals surface area contributed by atoms with Crippen molar-refractivity contribution >= 4 is 17.4 Å². The summed E-state index contributed by atoms with van der Waals surface area (Å²) >= 11 is 0. The molecule has 2 aromatic rings. The van der Waals surface area contributed by atoms with Crippen molar-refractivity contribution < 1.29 is 19.2 Å². The van der Waals surface area contributed by atoms with Crippen LogP contribution in [0.3, 0.4) is 0 Å². The monoisotopic (exact) mass is 345 g/mol. The molecule has 8 nitrogen and oxygen atoms in total. The number of nitrogens with one attached hydrogen (secondary N) is 1. The zero-order valence-corrected chi connectivity index (χ0v) is 13.8. The smallest absolute Gasteiger partial charge is 0.310 e. The number of carbonyl (C=O) groups excluding carboxylic acids is 1. The first-order valence-electron chi connectivity index (χ1n) is 7.85. The lowest BCUT2D eigenvalue weighted by molar-refractivity contribution is -0.385. The molecule has 0 aliphatic rings. The summed E-state index contributed by atoms with van der Waals surface area (Å²) in [5, 5.41) is 13.6. The summed E-state index contributed by atoms with van der Waals surface area (Å²) in [6, 6.07) is 9.58. The molecular weight excluding hydrogens is 326 g/mol. The topological polar surface area (TPSA) is 104 Å². The Bertz CT molecular complexity index is 736. The van der Waals surface area contributed by atoms with E-state index >= 15 is 0 Å². The SMILES string of the molecule is CCOc1cccnc1NC(=O)CCCOc1ccccc1[N+](=O)[O-]. The first-order valence-corrected chi connectivity index (χ1v) is 7.85. The number of para-hydroxylation sites is 2. The Kier molecular flexibility index (Phi) is 6.70. The van der Waals surface area contributed by atoms with Gasteiger partial charge in [0.25, 0.3) is 0 Å². The number of carbonyl (C=O) groups is 1. The van der Waals surface area contributed by atoms with E-state index in [0.717, 1.165) is 0 Å². The van der Waals surface area contributed by atoms with Crippen molar-refractivity contribution in [1.82, 2.24) is 4.98 Å². The van der Waals surface area contributed by atoms with Gasteiger partial charge in [-0.15, -0.1) is 0 Å². The number of nitro benzene ring substituents is 1. The number of ether oxygens (including phenoxy) is 2. The van der Waals surface area contributed by atoms with Crippen molar-refractivity contribution in [3.8, 4) is 11.5 Å². The highest BCUT2D eigenvalue weighted by Gasteiger charge is 2.14. The van der Waals surface area contributed by atoms with Crippen LogP contribution in [-0.4, -0.2) is 29.0 Å². The molecule has 1 aromatic heterocycles. The van der Waals surface area contributed by atoms with Gasteiger partial charge in [-0.05, 0) is 31.5 Å². The fourth-order valence-electron chi connectivity index (χ4n) is 2.10. The van der Waals surface area contributed by atoms with Crippen LogP contribution in [0.2, 0.25) is 0 Å². The highest BCUT2D eigenvalue weighted by atomic mass is 16.6. The number of pyridine rings is 1. The molecule has 0 saturated heterocycles. The molecule has 132 valence electrons. The first kappa shape index (κ1) is 18.2. The minimum absolute atomic E-state index is 0.0956. The number of nitro groups is 1. The van der Waals surface area contributed by atoms with Gasteiger partial charge in [0, 0.05) is 18.7 Å². The molecule has 1 N–H and O–H groups in total. The maximum Gasteiger partial charge on any atom is 0.310 e. The van der Waals surface area contributed by atoms with Gasteiger partial charge in [-0.25, -0.2) is 4.98 Å². The second-order valence-corrected chi connectivity index (χ2v) is 5.01. The van der Waals surface area contributed by atoms with E-state index in [4.69, 9.17) is 9.47 Å². The van der Waals surface area contributed by atoms with E-state index in [1.54, 1.807) is 30.5 Å². The molecule has 1 aromatic carbocycles. The van der Waals surface area contributed by atoms with E-state index < -0.39 is 4.92 Å². The average molecular weight is 345 g/mol. The maximum atomic E-state index is 12.0. The Morgan fingerprint density at radius 3 is 2.72 bits per heavy atom. The summed E-state index contributed by atoms with van der Waals surface area (Å²) in [6.45, 7) is 2.51. The summed E-state index contributed by atoms with van der Waals surface area (Å²) in [5.41, 5.74) is -0.0956. The van der Waals surface area contributed by atoms with Crippen molar-refractivity contribution in [2.45, 2.75) is 19.8 Å². The molecule has 0 saturated carbocycles.